The van der Waals surface area contributed by atoms with Crippen molar-refractivity contribution < 1.29 is 4.79 Å². The van der Waals surface area contributed by atoms with Gasteiger partial charge < -0.3 is 10.2 Å². The molecule has 0 unspecified atom stereocenters. The van der Waals surface area contributed by atoms with Crippen LogP contribution >= 0.6 is 11.6 Å². The summed E-state index contributed by atoms with van der Waals surface area (Å²) in [5, 5.41) is 3.77. The summed E-state index contributed by atoms with van der Waals surface area (Å²) < 4.78 is 0. The monoisotopic (exact) mass is 210 g/mol. The standard InChI is InChI=1S/C10H11ClN2O/c1-12-10-8-5-13(6-14)4-7(8)2-3-9(10)11/h2-3,6,12H,4-5H2,1H3. The Morgan fingerprint density at radius 3 is 2.93 bits per heavy atom. The van der Waals surface area contributed by atoms with Crippen LogP contribution in [0.5, 0.6) is 0 Å². The Morgan fingerprint density at radius 2 is 2.29 bits per heavy atom. The third-order valence-electron chi connectivity index (χ3n) is 2.49. The molecule has 1 heterocycles. The molecule has 0 fully saturated rings. The van der Waals surface area contributed by atoms with Crippen LogP contribution in [0.3, 0.4) is 0 Å². The Labute approximate surface area is 87.7 Å². The first-order chi connectivity index (χ1) is 6.76. The average molecular weight is 211 g/mol. The summed E-state index contributed by atoms with van der Waals surface area (Å²) in [5.41, 5.74) is 3.24. The molecule has 1 aliphatic rings. The third kappa shape index (κ3) is 1.34. The zero-order chi connectivity index (χ0) is 10.1. The molecule has 1 amide bonds. The van der Waals surface area contributed by atoms with Gasteiger partial charge in [-0.2, -0.15) is 0 Å². The van der Waals surface area contributed by atoms with Gasteiger partial charge in [-0.05, 0) is 11.6 Å². The molecular weight excluding hydrogens is 200 g/mol. The highest BCUT2D eigenvalue weighted by Crippen LogP contribution is 2.33. The maximum atomic E-state index is 10.6. The Balaban J connectivity index is 2.46. The maximum Gasteiger partial charge on any atom is 0.210 e. The first kappa shape index (κ1) is 9.34. The Morgan fingerprint density at radius 1 is 1.50 bits per heavy atom. The van der Waals surface area contributed by atoms with Crippen LogP contribution in [0.2, 0.25) is 5.02 Å². The second-order valence-electron chi connectivity index (χ2n) is 3.32. The Hall–Kier alpha value is -1.22. The number of rotatable bonds is 2. The molecule has 0 saturated heterocycles. The van der Waals surface area contributed by atoms with Crippen molar-refractivity contribution in [2.24, 2.45) is 0 Å². The van der Waals surface area contributed by atoms with E-state index in [9.17, 15) is 4.79 Å². The predicted molar refractivity (Wildman–Crippen MR) is 56.3 cm³/mol. The second kappa shape index (κ2) is 3.50. The van der Waals surface area contributed by atoms with Gasteiger partial charge in [0.15, 0.2) is 0 Å². The summed E-state index contributed by atoms with van der Waals surface area (Å²) in [7, 11) is 1.84. The van der Waals surface area contributed by atoms with Crippen molar-refractivity contribution in [2.75, 3.05) is 12.4 Å². The topological polar surface area (TPSA) is 32.3 Å². The highest BCUT2D eigenvalue weighted by atomic mass is 35.5. The largest absolute Gasteiger partial charge is 0.387 e. The normalized spacial score (nSPS) is 14.0. The number of anilines is 1. The molecule has 4 heteroatoms. The fraction of sp³-hybridized carbons (Fsp3) is 0.300. The van der Waals surface area contributed by atoms with Crippen LogP contribution in [-0.4, -0.2) is 18.4 Å². The van der Waals surface area contributed by atoms with Crippen LogP contribution in [0.1, 0.15) is 11.1 Å². The molecule has 0 saturated carbocycles. The van der Waals surface area contributed by atoms with Gasteiger partial charge >= 0.3 is 0 Å². The molecule has 0 atom stereocenters. The van der Waals surface area contributed by atoms with Gasteiger partial charge in [0.25, 0.3) is 0 Å². The van der Waals surface area contributed by atoms with E-state index in [1.807, 2.05) is 19.2 Å². The fourth-order valence-corrected chi connectivity index (χ4v) is 2.09. The smallest absolute Gasteiger partial charge is 0.210 e. The van der Waals surface area contributed by atoms with Gasteiger partial charge in [-0.3, -0.25) is 4.79 Å². The minimum absolute atomic E-state index is 0.648. The molecule has 3 nitrogen and oxygen atoms in total. The van der Waals surface area contributed by atoms with Crippen LogP contribution in [0.4, 0.5) is 5.69 Å². The van der Waals surface area contributed by atoms with Crippen molar-refractivity contribution in [3.8, 4) is 0 Å². The van der Waals surface area contributed by atoms with Gasteiger partial charge in [-0.1, -0.05) is 17.7 Å². The lowest BCUT2D eigenvalue weighted by Gasteiger charge is -2.09. The minimum Gasteiger partial charge on any atom is -0.387 e. The first-order valence-electron chi connectivity index (χ1n) is 4.43. The lowest BCUT2D eigenvalue weighted by Crippen LogP contribution is -2.12. The molecule has 1 aromatic carbocycles. The van der Waals surface area contributed by atoms with Gasteiger partial charge in [0.2, 0.25) is 6.41 Å². The number of fused-ring (bicyclic) bond motifs is 1. The van der Waals surface area contributed by atoms with Crippen molar-refractivity contribution in [2.45, 2.75) is 13.1 Å². The number of carbonyl (C=O) groups is 1. The summed E-state index contributed by atoms with van der Waals surface area (Å²) >= 11 is 6.03. The molecular formula is C10H11ClN2O. The van der Waals surface area contributed by atoms with Crippen molar-refractivity contribution in [3.63, 3.8) is 0 Å². The summed E-state index contributed by atoms with van der Waals surface area (Å²) in [6.07, 6.45) is 0.868. The lowest BCUT2D eigenvalue weighted by atomic mass is 10.1. The molecule has 0 radical (unpaired) electrons. The van der Waals surface area contributed by atoms with Crippen LogP contribution in [0.25, 0.3) is 0 Å². The molecule has 0 spiro atoms. The number of nitrogens with one attached hydrogen (secondary N) is 1. The van der Waals surface area contributed by atoms with Gasteiger partial charge in [-0.15, -0.1) is 0 Å². The molecule has 1 aliphatic heterocycles. The SMILES string of the molecule is CNc1c(Cl)ccc2c1CN(C=O)C2. The lowest BCUT2D eigenvalue weighted by molar-refractivity contribution is -0.118. The van der Waals surface area contributed by atoms with Gasteiger partial charge in [0, 0.05) is 25.7 Å². The number of hydrogen-bond acceptors (Lipinski definition) is 2. The molecule has 0 aliphatic carbocycles. The molecule has 1 aromatic rings. The van der Waals surface area contributed by atoms with E-state index in [2.05, 4.69) is 5.32 Å². The van der Waals surface area contributed by atoms with E-state index in [4.69, 9.17) is 11.6 Å². The highest BCUT2D eigenvalue weighted by Gasteiger charge is 2.21. The molecule has 74 valence electrons. The fourth-order valence-electron chi connectivity index (χ4n) is 1.81. The van der Waals surface area contributed by atoms with E-state index in [-0.39, 0.29) is 0 Å². The van der Waals surface area contributed by atoms with E-state index in [0.717, 1.165) is 17.7 Å². The summed E-state index contributed by atoms with van der Waals surface area (Å²) in [6.45, 7) is 1.33. The van der Waals surface area contributed by atoms with Gasteiger partial charge in [-0.25, -0.2) is 0 Å². The maximum absolute atomic E-state index is 10.6. The molecule has 14 heavy (non-hydrogen) atoms. The van der Waals surface area contributed by atoms with Crippen LogP contribution in [0, 0.1) is 0 Å². The van der Waals surface area contributed by atoms with E-state index in [0.29, 0.717) is 18.1 Å². The van der Waals surface area contributed by atoms with Crippen molar-refractivity contribution >= 4 is 23.7 Å². The minimum atomic E-state index is 0.648. The molecule has 0 bridgehead atoms. The van der Waals surface area contributed by atoms with Crippen molar-refractivity contribution in [3.05, 3.63) is 28.3 Å². The summed E-state index contributed by atoms with van der Waals surface area (Å²) in [5.74, 6) is 0. The predicted octanol–water partition coefficient (Wildman–Crippen LogP) is 1.85. The van der Waals surface area contributed by atoms with E-state index in [1.165, 1.54) is 5.56 Å². The van der Waals surface area contributed by atoms with Crippen LogP contribution in [-0.2, 0) is 17.9 Å². The Bertz CT molecular complexity index is 379. The molecule has 0 aromatic heterocycles. The summed E-state index contributed by atoms with van der Waals surface area (Å²) in [6, 6.07) is 3.84. The van der Waals surface area contributed by atoms with Crippen molar-refractivity contribution in [1.82, 2.24) is 4.90 Å². The van der Waals surface area contributed by atoms with Gasteiger partial charge in [0.05, 0.1) is 10.7 Å². The highest BCUT2D eigenvalue weighted by molar-refractivity contribution is 6.33. The van der Waals surface area contributed by atoms with Crippen LogP contribution in [0.15, 0.2) is 12.1 Å². The quantitative estimate of drug-likeness (QED) is 0.756. The van der Waals surface area contributed by atoms with E-state index >= 15 is 0 Å². The van der Waals surface area contributed by atoms with E-state index < -0.39 is 0 Å². The zero-order valence-electron chi connectivity index (χ0n) is 7.88. The Kier molecular flexibility index (Phi) is 2.33. The first-order valence-corrected chi connectivity index (χ1v) is 4.81. The number of nitrogens with zero attached hydrogens (tertiary/aromatic N) is 1. The van der Waals surface area contributed by atoms with E-state index in [1.54, 1.807) is 4.90 Å². The average Bonchev–Trinajstić information content (AvgIpc) is 2.60. The second-order valence-corrected chi connectivity index (χ2v) is 3.73. The third-order valence-corrected chi connectivity index (χ3v) is 2.81. The number of halogens is 1. The number of amides is 1. The van der Waals surface area contributed by atoms with Gasteiger partial charge in [0.1, 0.15) is 0 Å². The van der Waals surface area contributed by atoms with Crippen LogP contribution < -0.4 is 5.32 Å². The molecule has 1 N–H and O–H groups in total. The number of benzene rings is 1. The molecule has 2 rings (SSSR count). The zero-order valence-corrected chi connectivity index (χ0v) is 8.64. The number of carbonyl (C=O) groups excluding carboxylic acids is 1. The number of hydrogen-bond donors (Lipinski definition) is 1. The van der Waals surface area contributed by atoms with Crippen molar-refractivity contribution in [1.29, 1.82) is 0 Å². The summed E-state index contributed by atoms with van der Waals surface area (Å²) in [4.78, 5) is 12.4.